The van der Waals surface area contributed by atoms with Gasteiger partial charge in [-0.1, -0.05) is 41.9 Å². The lowest BCUT2D eigenvalue weighted by Gasteiger charge is -2.28. The smallest absolute Gasteiger partial charge is 0.266 e. The number of halogens is 1. The lowest BCUT2D eigenvalue weighted by Crippen LogP contribution is -2.37. The Morgan fingerprint density at radius 1 is 0.839 bits per heavy atom. The molecule has 2 heterocycles. The molecule has 0 unspecified atom stereocenters. The van der Waals surface area contributed by atoms with E-state index in [2.05, 4.69) is 6.07 Å². The van der Waals surface area contributed by atoms with Gasteiger partial charge in [-0.05, 0) is 54.1 Å². The summed E-state index contributed by atoms with van der Waals surface area (Å²) in [7, 11) is 0. The van der Waals surface area contributed by atoms with Crippen LogP contribution in [0.3, 0.4) is 0 Å². The summed E-state index contributed by atoms with van der Waals surface area (Å²) < 4.78 is 0. The van der Waals surface area contributed by atoms with Crippen LogP contribution in [0.2, 0.25) is 5.02 Å². The van der Waals surface area contributed by atoms with E-state index in [1.165, 1.54) is 4.90 Å². The van der Waals surface area contributed by atoms with Gasteiger partial charge in [-0.15, -0.1) is 0 Å². The van der Waals surface area contributed by atoms with Gasteiger partial charge < -0.3 is 0 Å². The number of carbonyl (C=O) groups excluding carboxylic acids is 2. The third-order valence-corrected chi connectivity index (χ3v) is 5.84. The lowest BCUT2D eigenvalue weighted by molar-refractivity contribution is -0.126. The predicted octanol–water partition coefficient (Wildman–Crippen LogP) is 4.26. The highest BCUT2D eigenvalue weighted by atomic mass is 35.5. The summed E-state index contributed by atoms with van der Waals surface area (Å²) in [6, 6.07) is 24.5. The highest BCUT2D eigenvalue weighted by Gasteiger charge is 2.60. The minimum absolute atomic E-state index is 0.329. The first kappa shape index (κ1) is 19.3. The molecule has 2 saturated heterocycles. The largest absolute Gasteiger partial charge is 0.273 e. The Bertz CT molecular complexity index is 1190. The number of imide groups is 1. The van der Waals surface area contributed by atoms with Crippen LogP contribution in [0.25, 0.3) is 0 Å². The molecule has 6 nitrogen and oxygen atoms in total. The molecule has 7 heteroatoms. The Morgan fingerprint density at radius 3 is 2.16 bits per heavy atom. The van der Waals surface area contributed by atoms with Crippen molar-refractivity contribution in [1.82, 2.24) is 0 Å². The van der Waals surface area contributed by atoms with Crippen LogP contribution in [-0.4, -0.2) is 17.9 Å². The van der Waals surface area contributed by atoms with Gasteiger partial charge in [0.25, 0.3) is 5.91 Å². The molecule has 3 aromatic carbocycles. The molecule has 0 N–H and O–H groups in total. The van der Waals surface area contributed by atoms with Crippen molar-refractivity contribution in [1.29, 1.82) is 5.26 Å². The third-order valence-electron chi connectivity index (χ3n) is 5.59. The van der Waals surface area contributed by atoms with Gasteiger partial charge in [0.2, 0.25) is 5.91 Å². The van der Waals surface area contributed by atoms with Crippen molar-refractivity contribution in [2.24, 2.45) is 5.92 Å². The number of carbonyl (C=O) groups is 2. The zero-order valence-corrected chi connectivity index (χ0v) is 16.9. The van der Waals surface area contributed by atoms with E-state index in [1.807, 2.05) is 30.3 Å². The monoisotopic (exact) mass is 429 g/mol. The first-order valence-electron chi connectivity index (χ1n) is 9.73. The van der Waals surface area contributed by atoms with Crippen molar-refractivity contribution in [3.8, 4) is 6.07 Å². The molecular formula is C24H16ClN3O3. The summed E-state index contributed by atoms with van der Waals surface area (Å²) in [5, 5.41) is 11.3. The fourth-order valence-electron chi connectivity index (χ4n) is 4.15. The number of fused-ring (bicyclic) bond motifs is 1. The molecule has 3 aromatic rings. The van der Waals surface area contributed by atoms with E-state index in [9.17, 15) is 9.59 Å². The number of nitriles is 1. The number of amides is 2. The Balaban J connectivity index is 1.58. The molecule has 2 fully saturated rings. The average Bonchev–Trinajstić information content (AvgIpc) is 3.31. The van der Waals surface area contributed by atoms with Crippen LogP contribution in [0, 0.1) is 17.2 Å². The van der Waals surface area contributed by atoms with Crippen molar-refractivity contribution in [3.63, 3.8) is 0 Å². The predicted molar refractivity (Wildman–Crippen MR) is 115 cm³/mol. The Hall–Kier alpha value is -3.66. The molecule has 5 rings (SSSR count). The number of rotatable bonds is 3. The maximum Gasteiger partial charge on any atom is 0.266 e. The van der Waals surface area contributed by atoms with Gasteiger partial charge in [-0.25, -0.2) is 9.96 Å². The third kappa shape index (κ3) is 3.15. The quantitative estimate of drug-likeness (QED) is 0.581. The molecule has 0 radical (unpaired) electrons. The number of nitrogens with zero attached hydrogens (tertiary/aromatic N) is 3. The Kier molecular flexibility index (Phi) is 4.70. The molecule has 0 saturated carbocycles. The number of benzene rings is 3. The van der Waals surface area contributed by atoms with E-state index in [1.54, 1.807) is 53.6 Å². The van der Waals surface area contributed by atoms with Gasteiger partial charge in [-0.2, -0.15) is 5.26 Å². The zero-order valence-electron chi connectivity index (χ0n) is 16.2. The molecule has 0 aromatic heterocycles. The van der Waals surface area contributed by atoms with Gasteiger partial charge in [0.1, 0.15) is 5.92 Å². The lowest BCUT2D eigenvalue weighted by atomic mass is 9.90. The van der Waals surface area contributed by atoms with Crippen molar-refractivity contribution >= 4 is 34.8 Å². The fraction of sp³-hybridized carbons (Fsp3) is 0.125. The van der Waals surface area contributed by atoms with Crippen molar-refractivity contribution in [3.05, 3.63) is 95.0 Å². The van der Waals surface area contributed by atoms with Gasteiger partial charge in [-0.3, -0.25) is 14.4 Å². The summed E-state index contributed by atoms with van der Waals surface area (Å²) in [4.78, 5) is 33.9. The van der Waals surface area contributed by atoms with Crippen molar-refractivity contribution in [2.75, 3.05) is 9.96 Å². The maximum atomic E-state index is 13.5. The van der Waals surface area contributed by atoms with Crippen molar-refractivity contribution in [2.45, 2.75) is 12.1 Å². The fourth-order valence-corrected chi connectivity index (χ4v) is 4.28. The number of hydroxylamine groups is 1. The normalized spacial score (nSPS) is 22.5. The van der Waals surface area contributed by atoms with E-state index < -0.39 is 24.0 Å². The molecule has 0 aliphatic carbocycles. The molecule has 31 heavy (non-hydrogen) atoms. The van der Waals surface area contributed by atoms with Gasteiger partial charge >= 0.3 is 0 Å². The van der Waals surface area contributed by atoms with E-state index in [4.69, 9.17) is 21.7 Å². The standard InChI is InChI=1S/C24H16ClN3O3/c25-17-10-12-18(13-11-17)27-23(29)20-21(16-8-6-15(14-26)7-9-16)28(31-22(20)24(27)30)19-4-2-1-3-5-19/h1-13,20-22H/t20-,21+,22+/m0/s1. The van der Waals surface area contributed by atoms with E-state index in [0.717, 1.165) is 11.3 Å². The highest BCUT2D eigenvalue weighted by molar-refractivity contribution is 6.31. The van der Waals surface area contributed by atoms with Crippen molar-refractivity contribution < 1.29 is 14.4 Å². The van der Waals surface area contributed by atoms with Crippen LogP contribution in [0.1, 0.15) is 17.2 Å². The Labute approximate surface area is 183 Å². The summed E-state index contributed by atoms with van der Waals surface area (Å²) in [5.41, 5.74) is 2.50. The van der Waals surface area contributed by atoms with Crippen LogP contribution >= 0.6 is 11.6 Å². The molecular weight excluding hydrogens is 414 g/mol. The molecule has 3 atom stereocenters. The summed E-state index contributed by atoms with van der Waals surface area (Å²) >= 11 is 5.96. The molecule has 2 amide bonds. The first-order chi connectivity index (χ1) is 15.1. The van der Waals surface area contributed by atoms with Crippen LogP contribution in [-0.2, 0) is 14.4 Å². The number of hydrogen-bond acceptors (Lipinski definition) is 5. The molecule has 2 aliphatic rings. The highest BCUT2D eigenvalue weighted by Crippen LogP contribution is 2.47. The van der Waals surface area contributed by atoms with Crippen LogP contribution in [0.5, 0.6) is 0 Å². The molecule has 0 spiro atoms. The van der Waals surface area contributed by atoms with E-state index in [0.29, 0.717) is 16.3 Å². The molecule has 0 bridgehead atoms. The van der Waals surface area contributed by atoms with Gasteiger partial charge in [0.05, 0.1) is 29.0 Å². The van der Waals surface area contributed by atoms with Gasteiger partial charge in [0.15, 0.2) is 6.10 Å². The minimum Gasteiger partial charge on any atom is -0.273 e. The van der Waals surface area contributed by atoms with Gasteiger partial charge in [0, 0.05) is 5.02 Å². The summed E-state index contributed by atoms with van der Waals surface area (Å²) in [5.74, 6) is -1.46. The Morgan fingerprint density at radius 2 is 1.52 bits per heavy atom. The zero-order chi connectivity index (χ0) is 21.5. The SMILES string of the molecule is N#Cc1ccc([C@@H]2[C@@H]3C(=O)N(c4ccc(Cl)cc4)C(=O)[C@@H]3ON2c2ccccc2)cc1. The topological polar surface area (TPSA) is 73.6 Å². The first-order valence-corrected chi connectivity index (χ1v) is 10.1. The number of para-hydroxylation sites is 1. The second-order valence-electron chi connectivity index (χ2n) is 7.38. The maximum absolute atomic E-state index is 13.5. The second kappa shape index (κ2) is 7.55. The molecule has 2 aliphatic heterocycles. The summed E-state index contributed by atoms with van der Waals surface area (Å²) in [6.07, 6.45) is -0.941. The number of hydrogen-bond donors (Lipinski definition) is 0. The van der Waals surface area contributed by atoms with E-state index in [-0.39, 0.29) is 5.91 Å². The average molecular weight is 430 g/mol. The van der Waals surface area contributed by atoms with Crippen LogP contribution in [0.4, 0.5) is 11.4 Å². The summed E-state index contributed by atoms with van der Waals surface area (Å²) in [6.45, 7) is 0. The number of anilines is 2. The molecule has 152 valence electrons. The van der Waals surface area contributed by atoms with E-state index >= 15 is 0 Å². The van der Waals surface area contributed by atoms with Crippen LogP contribution in [0.15, 0.2) is 78.9 Å². The second-order valence-corrected chi connectivity index (χ2v) is 7.82. The minimum atomic E-state index is -0.941. The van der Waals surface area contributed by atoms with Crippen LogP contribution < -0.4 is 9.96 Å².